The quantitative estimate of drug-likeness (QED) is 0.286. The smallest absolute Gasteiger partial charge is 0.343 e. The number of benzene rings is 2. The number of fused-ring (bicyclic) bond motifs is 1. The van der Waals surface area contributed by atoms with Crippen LogP contribution >= 0.6 is 27.5 Å². The molecule has 0 aliphatic carbocycles. The summed E-state index contributed by atoms with van der Waals surface area (Å²) in [6.45, 7) is 3.49. The highest BCUT2D eigenvalue weighted by molar-refractivity contribution is 9.10. The van der Waals surface area contributed by atoms with E-state index in [4.69, 9.17) is 25.5 Å². The summed E-state index contributed by atoms with van der Waals surface area (Å²) < 4.78 is 16.4. The molecule has 144 valence electrons. The highest BCUT2D eigenvalue weighted by Crippen LogP contribution is 2.40. The molecule has 0 amide bonds. The number of hydrogen-bond donors (Lipinski definition) is 0. The third-order valence-electron chi connectivity index (χ3n) is 3.95. The molecule has 0 radical (unpaired) electrons. The van der Waals surface area contributed by atoms with Crippen molar-refractivity contribution >= 4 is 56.7 Å². The number of halogens is 2. The van der Waals surface area contributed by atoms with Crippen molar-refractivity contribution in [1.82, 2.24) is 0 Å². The van der Waals surface area contributed by atoms with Crippen molar-refractivity contribution in [1.29, 1.82) is 0 Å². The number of furan rings is 1. The Morgan fingerprint density at radius 2 is 1.89 bits per heavy atom. The van der Waals surface area contributed by atoms with Crippen molar-refractivity contribution in [2.45, 2.75) is 13.8 Å². The van der Waals surface area contributed by atoms with E-state index in [-0.39, 0.29) is 23.7 Å². The van der Waals surface area contributed by atoms with Crippen molar-refractivity contribution in [3.05, 3.63) is 62.3 Å². The van der Waals surface area contributed by atoms with Gasteiger partial charge in [-0.1, -0.05) is 11.6 Å². The topological polar surface area (TPSA) is 82.8 Å². The standard InChI is InChI=1S/C20H14BrClO6/c1-3-26-20(25)15-14(9-23)27-18-10(2)8-13(17(21)16(15)18)28-19(24)11-4-6-12(22)7-5-11/h4-9H,3H2,1-2H3. The summed E-state index contributed by atoms with van der Waals surface area (Å²) in [6.07, 6.45) is 0.442. The minimum atomic E-state index is -0.704. The van der Waals surface area contributed by atoms with Crippen LogP contribution in [0.5, 0.6) is 5.75 Å². The van der Waals surface area contributed by atoms with E-state index in [0.29, 0.717) is 37.9 Å². The van der Waals surface area contributed by atoms with Crippen LogP contribution in [0.3, 0.4) is 0 Å². The van der Waals surface area contributed by atoms with Gasteiger partial charge in [-0.3, -0.25) is 4.79 Å². The van der Waals surface area contributed by atoms with Crippen LogP contribution < -0.4 is 4.74 Å². The van der Waals surface area contributed by atoms with Crippen molar-refractivity contribution in [2.75, 3.05) is 6.61 Å². The van der Waals surface area contributed by atoms with Gasteiger partial charge in [0.1, 0.15) is 16.9 Å². The molecule has 0 aliphatic rings. The number of rotatable bonds is 5. The van der Waals surface area contributed by atoms with E-state index in [2.05, 4.69) is 15.9 Å². The van der Waals surface area contributed by atoms with Gasteiger partial charge in [-0.2, -0.15) is 0 Å². The molecule has 1 heterocycles. The number of carbonyl (C=O) groups excluding carboxylic acids is 3. The third-order valence-corrected chi connectivity index (χ3v) is 4.99. The van der Waals surface area contributed by atoms with Gasteiger partial charge in [0, 0.05) is 5.02 Å². The lowest BCUT2D eigenvalue weighted by Gasteiger charge is -2.10. The normalized spacial score (nSPS) is 10.7. The summed E-state index contributed by atoms with van der Waals surface area (Å²) in [6, 6.07) is 7.81. The Kier molecular flexibility index (Phi) is 5.86. The molecule has 6 nitrogen and oxygen atoms in total. The van der Waals surface area contributed by atoms with Gasteiger partial charge in [0.25, 0.3) is 0 Å². The monoisotopic (exact) mass is 464 g/mol. The first-order valence-corrected chi connectivity index (χ1v) is 9.40. The molecule has 0 aliphatic heterocycles. The van der Waals surface area contributed by atoms with E-state index in [9.17, 15) is 14.4 Å². The van der Waals surface area contributed by atoms with Crippen molar-refractivity contribution < 1.29 is 28.3 Å². The number of ether oxygens (including phenoxy) is 2. The Balaban J connectivity index is 2.11. The zero-order valence-corrected chi connectivity index (χ0v) is 17.2. The first-order chi connectivity index (χ1) is 13.4. The predicted molar refractivity (Wildman–Crippen MR) is 106 cm³/mol. The first-order valence-electron chi connectivity index (χ1n) is 8.23. The zero-order valence-electron chi connectivity index (χ0n) is 14.9. The molecule has 0 atom stereocenters. The molecule has 3 rings (SSSR count). The average Bonchev–Trinajstić information content (AvgIpc) is 3.07. The zero-order chi connectivity index (χ0) is 20.4. The number of hydrogen-bond acceptors (Lipinski definition) is 6. The summed E-state index contributed by atoms with van der Waals surface area (Å²) in [5.41, 5.74) is 1.19. The molecular formula is C20H14BrClO6. The van der Waals surface area contributed by atoms with Crippen molar-refractivity contribution in [3.8, 4) is 5.75 Å². The first kappa shape index (κ1) is 20.1. The fourth-order valence-electron chi connectivity index (χ4n) is 2.69. The Morgan fingerprint density at radius 1 is 1.21 bits per heavy atom. The molecule has 28 heavy (non-hydrogen) atoms. The van der Waals surface area contributed by atoms with Crippen LogP contribution in [0.15, 0.2) is 39.2 Å². The van der Waals surface area contributed by atoms with Crippen LogP contribution in [0.1, 0.15) is 43.8 Å². The Hall–Kier alpha value is -2.64. The second-order valence-corrected chi connectivity index (χ2v) is 7.02. The number of esters is 2. The van der Waals surface area contributed by atoms with Gasteiger partial charge in [0.05, 0.1) is 22.0 Å². The summed E-state index contributed by atoms with van der Waals surface area (Å²) in [5, 5.41) is 0.799. The molecule has 3 aromatic rings. The molecule has 0 fully saturated rings. The van der Waals surface area contributed by atoms with Gasteiger partial charge in [-0.25, -0.2) is 9.59 Å². The minimum Gasteiger partial charge on any atom is -0.462 e. The lowest BCUT2D eigenvalue weighted by Crippen LogP contribution is -2.10. The predicted octanol–water partition coefficient (Wildman–Crippen LogP) is 5.37. The van der Waals surface area contributed by atoms with E-state index in [1.165, 1.54) is 12.1 Å². The fourth-order valence-corrected chi connectivity index (χ4v) is 3.39. The highest BCUT2D eigenvalue weighted by Gasteiger charge is 2.27. The summed E-state index contributed by atoms with van der Waals surface area (Å²) in [4.78, 5) is 36.2. The van der Waals surface area contributed by atoms with E-state index in [1.807, 2.05) is 0 Å². The van der Waals surface area contributed by atoms with Gasteiger partial charge in [-0.15, -0.1) is 0 Å². The minimum absolute atomic E-state index is 0.0220. The largest absolute Gasteiger partial charge is 0.462 e. The Bertz CT molecular complexity index is 1080. The number of carbonyl (C=O) groups is 3. The van der Waals surface area contributed by atoms with Crippen molar-refractivity contribution in [3.63, 3.8) is 0 Å². The maximum absolute atomic E-state index is 12.5. The molecule has 2 aromatic carbocycles. The van der Waals surface area contributed by atoms with Crippen LogP contribution in [0.2, 0.25) is 5.02 Å². The molecule has 0 bridgehead atoms. The van der Waals surface area contributed by atoms with Gasteiger partial charge in [0.15, 0.2) is 12.0 Å². The molecule has 8 heteroatoms. The lowest BCUT2D eigenvalue weighted by molar-refractivity contribution is 0.0524. The number of aldehydes is 1. The molecule has 0 N–H and O–H groups in total. The van der Waals surface area contributed by atoms with Crippen LogP contribution in [-0.4, -0.2) is 24.8 Å². The van der Waals surface area contributed by atoms with E-state index in [1.54, 1.807) is 32.0 Å². The van der Waals surface area contributed by atoms with Crippen LogP contribution in [0.25, 0.3) is 11.0 Å². The Morgan fingerprint density at radius 3 is 2.50 bits per heavy atom. The summed E-state index contributed by atoms with van der Waals surface area (Å²) >= 11 is 9.19. The van der Waals surface area contributed by atoms with Gasteiger partial charge < -0.3 is 13.9 Å². The Labute approximate surface area is 173 Å². The van der Waals surface area contributed by atoms with E-state index >= 15 is 0 Å². The van der Waals surface area contributed by atoms with Gasteiger partial charge >= 0.3 is 11.9 Å². The molecular weight excluding hydrogens is 452 g/mol. The second kappa shape index (κ2) is 8.16. The van der Waals surface area contributed by atoms with Crippen LogP contribution in [0.4, 0.5) is 0 Å². The highest BCUT2D eigenvalue weighted by atomic mass is 79.9. The van der Waals surface area contributed by atoms with Crippen LogP contribution in [0, 0.1) is 6.92 Å². The van der Waals surface area contributed by atoms with E-state index in [0.717, 1.165) is 0 Å². The molecule has 0 saturated carbocycles. The maximum atomic E-state index is 12.5. The molecule has 0 saturated heterocycles. The van der Waals surface area contributed by atoms with Gasteiger partial charge in [-0.05, 0) is 65.7 Å². The average molecular weight is 466 g/mol. The summed E-state index contributed by atoms with van der Waals surface area (Å²) in [5.74, 6) is -1.29. The van der Waals surface area contributed by atoms with Gasteiger partial charge in [0.2, 0.25) is 0 Å². The molecule has 0 spiro atoms. The van der Waals surface area contributed by atoms with E-state index < -0.39 is 11.9 Å². The molecule has 1 aromatic heterocycles. The fraction of sp³-hybridized carbons (Fsp3) is 0.150. The maximum Gasteiger partial charge on any atom is 0.343 e. The second-order valence-electron chi connectivity index (χ2n) is 5.79. The lowest BCUT2D eigenvalue weighted by atomic mass is 10.1. The SMILES string of the molecule is CCOC(=O)c1c(C=O)oc2c(C)cc(OC(=O)c3ccc(Cl)cc3)c(Br)c12. The summed E-state index contributed by atoms with van der Waals surface area (Å²) in [7, 11) is 0. The van der Waals surface area contributed by atoms with Crippen molar-refractivity contribution in [2.24, 2.45) is 0 Å². The third kappa shape index (κ3) is 3.68. The molecule has 0 unspecified atom stereocenters. The number of aryl methyl sites for hydroxylation is 1. The van der Waals surface area contributed by atoms with Crippen LogP contribution in [-0.2, 0) is 4.74 Å².